The predicted molar refractivity (Wildman–Crippen MR) is 45.0 cm³/mol. The van der Waals surface area contributed by atoms with Crippen LogP contribution in [0.2, 0.25) is 0 Å². The topological polar surface area (TPSA) is 12.0 Å². The van der Waals surface area contributed by atoms with Crippen LogP contribution in [0.15, 0.2) is 12.2 Å². The van der Waals surface area contributed by atoms with Gasteiger partial charge in [0.05, 0.1) is 0 Å². The third kappa shape index (κ3) is 1.84. The summed E-state index contributed by atoms with van der Waals surface area (Å²) in [6.07, 6.45) is 5.79. The van der Waals surface area contributed by atoms with Gasteiger partial charge < -0.3 is 5.32 Å². The highest BCUT2D eigenvalue weighted by molar-refractivity contribution is 4.94. The van der Waals surface area contributed by atoms with Gasteiger partial charge in [0.15, 0.2) is 0 Å². The average molecular weight is 139 g/mol. The second-order valence-electron chi connectivity index (χ2n) is 3.14. The molecule has 1 aliphatic heterocycles. The molecule has 0 aromatic rings. The van der Waals surface area contributed by atoms with E-state index in [0.29, 0.717) is 0 Å². The maximum absolute atomic E-state index is 3.38. The fraction of sp³-hybridized carbons (Fsp3) is 0.778. The molecule has 1 aliphatic rings. The lowest BCUT2D eigenvalue weighted by Gasteiger charge is -2.06. The maximum atomic E-state index is 3.38. The van der Waals surface area contributed by atoms with Gasteiger partial charge in [0.1, 0.15) is 0 Å². The Bertz CT molecular complexity index is 118. The Balaban J connectivity index is 2.33. The van der Waals surface area contributed by atoms with Crippen molar-refractivity contribution >= 4 is 0 Å². The minimum Gasteiger partial charge on any atom is -0.316 e. The number of allylic oxidation sites excluding steroid dienone is 1. The molecule has 1 heterocycles. The molecule has 0 aromatic carbocycles. The highest BCUT2D eigenvalue weighted by atomic mass is 14.9. The summed E-state index contributed by atoms with van der Waals surface area (Å²) in [6.45, 7) is 6.87. The highest BCUT2D eigenvalue weighted by Crippen LogP contribution is 2.16. The number of rotatable bonds is 2. The molecule has 2 atom stereocenters. The van der Waals surface area contributed by atoms with Crippen molar-refractivity contribution in [1.82, 2.24) is 5.32 Å². The van der Waals surface area contributed by atoms with E-state index < -0.39 is 0 Å². The summed E-state index contributed by atoms with van der Waals surface area (Å²) in [7, 11) is 0. The first kappa shape index (κ1) is 7.80. The number of hydrogen-bond donors (Lipinski definition) is 1. The van der Waals surface area contributed by atoms with Crippen molar-refractivity contribution in [2.45, 2.75) is 20.3 Å². The summed E-state index contributed by atoms with van der Waals surface area (Å²) < 4.78 is 0. The predicted octanol–water partition coefficient (Wildman–Crippen LogP) is 1.81. The van der Waals surface area contributed by atoms with Crippen molar-refractivity contribution in [2.24, 2.45) is 11.8 Å². The van der Waals surface area contributed by atoms with E-state index in [-0.39, 0.29) is 0 Å². The second-order valence-corrected chi connectivity index (χ2v) is 3.14. The van der Waals surface area contributed by atoms with Gasteiger partial charge in [-0.2, -0.15) is 0 Å². The summed E-state index contributed by atoms with van der Waals surface area (Å²) in [5, 5.41) is 3.38. The molecule has 10 heavy (non-hydrogen) atoms. The van der Waals surface area contributed by atoms with E-state index in [0.717, 1.165) is 11.8 Å². The highest BCUT2D eigenvalue weighted by Gasteiger charge is 2.19. The third-order valence-electron chi connectivity index (χ3n) is 2.20. The molecular weight excluding hydrogens is 122 g/mol. The zero-order chi connectivity index (χ0) is 7.40. The van der Waals surface area contributed by atoms with Crippen LogP contribution in [0.25, 0.3) is 0 Å². The Kier molecular flexibility index (Phi) is 2.94. The molecule has 0 saturated carbocycles. The summed E-state index contributed by atoms with van der Waals surface area (Å²) in [4.78, 5) is 0. The molecule has 0 amide bonds. The minimum absolute atomic E-state index is 0.792. The van der Waals surface area contributed by atoms with Gasteiger partial charge in [0.2, 0.25) is 0 Å². The van der Waals surface area contributed by atoms with Crippen LogP contribution in [0.5, 0.6) is 0 Å². The van der Waals surface area contributed by atoms with Crippen LogP contribution < -0.4 is 5.32 Å². The molecular formula is C9H17N. The fourth-order valence-electron chi connectivity index (χ4n) is 1.40. The smallest absolute Gasteiger partial charge is 0.00173 e. The Morgan fingerprint density at radius 3 is 2.80 bits per heavy atom. The lowest BCUT2D eigenvalue weighted by molar-refractivity contribution is 0.542. The van der Waals surface area contributed by atoms with Crippen LogP contribution in [-0.4, -0.2) is 13.1 Å². The third-order valence-corrected chi connectivity index (χ3v) is 2.20. The van der Waals surface area contributed by atoms with Crippen molar-refractivity contribution in [1.29, 1.82) is 0 Å². The van der Waals surface area contributed by atoms with Crippen molar-refractivity contribution in [3.63, 3.8) is 0 Å². The summed E-state index contributed by atoms with van der Waals surface area (Å²) in [6, 6.07) is 0. The molecule has 0 spiro atoms. The van der Waals surface area contributed by atoms with Gasteiger partial charge in [-0.3, -0.25) is 0 Å². The molecule has 1 heteroatoms. The SMILES string of the molecule is CCC=CC1CNCC1C. The lowest BCUT2D eigenvalue weighted by Crippen LogP contribution is -2.07. The lowest BCUT2D eigenvalue weighted by atomic mass is 9.98. The molecule has 1 N–H and O–H groups in total. The van der Waals surface area contributed by atoms with Gasteiger partial charge in [0, 0.05) is 6.54 Å². The number of nitrogens with one attached hydrogen (secondary N) is 1. The van der Waals surface area contributed by atoms with Crippen LogP contribution in [-0.2, 0) is 0 Å². The van der Waals surface area contributed by atoms with Crippen LogP contribution in [0.3, 0.4) is 0 Å². The first-order chi connectivity index (χ1) is 4.84. The molecule has 58 valence electrons. The van der Waals surface area contributed by atoms with E-state index in [4.69, 9.17) is 0 Å². The molecule has 1 rings (SSSR count). The van der Waals surface area contributed by atoms with Gasteiger partial charge >= 0.3 is 0 Å². The van der Waals surface area contributed by atoms with E-state index in [1.165, 1.54) is 19.5 Å². The fourth-order valence-corrected chi connectivity index (χ4v) is 1.40. The molecule has 1 fully saturated rings. The summed E-state index contributed by atoms with van der Waals surface area (Å²) in [5.74, 6) is 1.63. The quantitative estimate of drug-likeness (QED) is 0.575. The van der Waals surface area contributed by atoms with Crippen LogP contribution >= 0.6 is 0 Å². The monoisotopic (exact) mass is 139 g/mol. The molecule has 1 saturated heterocycles. The van der Waals surface area contributed by atoms with Crippen LogP contribution in [0, 0.1) is 11.8 Å². The van der Waals surface area contributed by atoms with Crippen LogP contribution in [0.4, 0.5) is 0 Å². The molecule has 0 bridgehead atoms. The first-order valence-corrected chi connectivity index (χ1v) is 4.22. The van der Waals surface area contributed by atoms with E-state index in [1.807, 2.05) is 0 Å². The van der Waals surface area contributed by atoms with Gasteiger partial charge in [-0.05, 0) is 24.8 Å². The summed E-state index contributed by atoms with van der Waals surface area (Å²) in [5.41, 5.74) is 0. The second kappa shape index (κ2) is 3.77. The van der Waals surface area contributed by atoms with Crippen molar-refractivity contribution < 1.29 is 0 Å². The molecule has 0 aliphatic carbocycles. The Morgan fingerprint density at radius 1 is 1.50 bits per heavy atom. The van der Waals surface area contributed by atoms with E-state index in [2.05, 4.69) is 31.3 Å². The van der Waals surface area contributed by atoms with Gasteiger partial charge in [-0.25, -0.2) is 0 Å². The van der Waals surface area contributed by atoms with Crippen molar-refractivity contribution in [3.8, 4) is 0 Å². The zero-order valence-electron chi connectivity index (χ0n) is 6.93. The summed E-state index contributed by atoms with van der Waals surface area (Å²) >= 11 is 0. The molecule has 0 radical (unpaired) electrons. The maximum Gasteiger partial charge on any atom is 0.00173 e. The molecule has 0 aromatic heterocycles. The van der Waals surface area contributed by atoms with E-state index in [1.54, 1.807) is 0 Å². The Labute approximate surface area is 63.5 Å². The standard InChI is InChI=1S/C9H17N/c1-3-4-5-9-7-10-6-8(9)2/h4-5,8-10H,3,6-7H2,1-2H3. The number of hydrogen-bond acceptors (Lipinski definition) is 1. The van der Waals surface area contributed by atoms with E-state index in [9.17, 15) is 0 Å². The van der Waals surface area contributed by atoms with Gasteiger partial charge in [0.25, 0.3) is 0 Å². The minimum atomic E-state index is 0.792. The normalized spacial score (nSPS) is 33.8. The van der Waals surface area contributed by atoms with Gasteiger partial charge in [-0.1, -0.05) is 26.0 Å². The average Bonchev–Trinajstić information content (AvgIpc) is 2.31. The molecule has 1 nitrogen and oxygen atoms in total. The van der Waals surface area contributed by atoms with Gasteiger partial charge in [-0.15, -0.1) is 0 Å². The first-order valence-electron chi connectivity index (χ1n) is 4.22. The molecule has 2 unspecified atom stereocenters. The Hall–Kier alpha value is -0.300. The zero-order valence-corrected chi connectivity index (χ0v) is 6.93. The largest absolute Gasteiger partial charge is 0.316 e. The Morgan fingerprint density at radius 2 is 2.30 bits per heavy atom. The van der Waals surface area contributed by atoms with Crippen molar-refractivity contribution in [3.05, 3.63) is 12.2 Å². The van der Waals surface area contributed by atoms with E-state index >= 15 is 0 Å². The van der Waals surface area contributed by atoms with Crippen LogP contribution in [0.1, 0.15) is 20.3 Å². The van der Waals surface area contributed by atoms with Crippen molar-refractivity contribution in [2.75, 3.05) is 13.1 Å².